The van der Waals surface area contributed by atoms with E-state index < -0.39 is 5.82 Å². The first-order valence-electron chi connectivity index (χ1n) is 5.16. The molecule has 0 radical (unpaired) electrons. The van der Waals surface area contributed by atoms with Gasteiger partial charge in [0.25, 0.3) is 0 Å². The highest BCUT2D eigenvalue weighted by atomic mass is 19.1. The highest BCUT2D eigenvalue weighted by molar-refractivity contribution is 5.31. The van der Waals surface area contributed by atoms with Gasteiger partial charge in [-0.1, -0.05) is 0 Å². The number of rotatable bonds is 1. The summed E-state index contributed by atoms with van der Waals surface area (Å²) in [7, 11) is 0. The third-order valence-electron chi connectivity index (χ3n) is 2.78. The Kier molecular flexibility index (Phi) is 2.81. The van der Waals surface area contributed by atoms with Crippen LogP contribution in [0.4, 0.5) is 10.3 Å². The molecule has 1 aliphatic rings. The zero-order valence-electron chi connectivity index (χ0n) is 8.73. The van der Waals surface area contributed by atoms with Crippen LogP contribution in [0.15, 0.2) is 12.4 Å². The molecule has 5 heteroatoms. The number of aromatic nitrogens is 2. The molecule has 1 aliphatic heterocycles. The van der Waals surface area contributed by atoms with Gasteiger partial charge in [-0.3, -0.25) is 0 Å². The molecule has 1 aromatic rings. The molecule has 0 bridgehead atoms. The minimum absolute atomic E-state index is 0.261. The molecule has 82 valence electrons. The third-order valence-corrected chi connectivity index (χ3v) is 2.78. The van der Waals surface area contributed by atoms with Crippen LogP contribution in [0.5, 0.6) is 0 Å². The molecule has 1 fully saturated rings. The van der Waals surface area contributed by atoms with Crippen molar-refractivity contribution < 1.29 is 4.39 Å². The number of nitrogens with zero attached hydrogens (tertiary/aromatic N) is 3. The molecule has 15 heavy (non-hydrogen) atoms. The smallest absolute Gasteiger partial charge is 0.225 e. The molecule has 0 spiro atoms. The Morgan fingerprint density at radius 2 is 2.13 bits per heavy atom. The van der Waals surface area contributed by atoms with Gasteiger partial charge in [-0.2, -0.15) is 0 Å². The summed E-state index contributed by atoms with van der Waals surface area (Å²) in [6.07, 6.45) is 4.26. The summed E-state index contributed by atoms with van der Waals surface area (Å²) < 4.78 is 12.6. The zero-order chi connectivity index (χ0) is 10.8. The van der Waals surface area contributed by atoms with E-state index in [-0.39, 0.29) is 6.04 Å². The highest BCUT2D eigenvalue weighted by Crippen LogP contribution is 2.20. The van der Waals surface area contributed by atoms with Crippen LogP contribution in [-0.2, 0) is 0 Å². The molecule has 2 N–H and O–H groups in total. The lowest BCUT2D eigenvalue weighted by Gasteiger charge is -2.36. The first kappa shape index (κ1) is 10.3. The monoisotopic (exact) mass is 210 g/mol. The van der Waals surface area contributed by atoms with Crippen LogP contribution in [-0.4, -0.2) is 28.6 Å². The fourth-order valence-corrected chi connectivity index (χ4v) is 1.96. The predicted octanol–water partition coefficient (Wildman–Crippen LogP) is 0.932. The molecule has 2 rings (SSSR count). The van der Waals surface area contributed by atoms with Gasteiger partial charge in [-0.15, -0.1) is 0 Å². The Balaban J connectivity index is 2.13. The van der Waals surface area contributed by atoms with Crippen molar-refractivity contribution in [1.29, 1.82) is 0 Å². The number of piperidine rings is 1. The summed E-state index contributed by atoms with van der Waals surface area (Å²) in [5.74, 6) is 0.191. The van der Waals surface area contributed by atoms with E-state index in [1.54, 1.807) is 0 Å². The van der Waals surface area contributed by atoms with Crippen molar-refractivity contribution in [3.8, 4) is 0 Å². The summed E-state index contributed by atoms with van der Waals surface area (Å²) >= 11 is 0. The lowest BCUT2D eigenvalue weighted by Crippen LogP contribution is -2.46. The van der Waals surface area contributed by atoms with E-state index in [1.807, 2.05) is 0 Å². The van der Waals surface area contributed by atoms with Gasteiger partial charge in [0.05, 0.1) is 12.4 Å². The number of nitrogens with two attached hydrogens (primary N) is 1. The number of hydrogen-bond donors (Lipinski definition) is 1. The minimum atomic E-state index is -0.403. The third kappa shape index (κ3) is 2.23. The van der Waals surface area contributed by atoms with E-state index in [0.29, 0.717) is 12.0 Å². The quantitative estimate of drug-likeness (QED) is 0.749. The fraction of sp³-hybridized carbons (Fsp3) is 0.600. The van der Waals surface area contributed by atoms with Crippen LogP contribution >= 0.6 is 0 Å². The molecule has 0 saturated carbocycles. The molecule has 0 amide bonds. The molecule has 2 unspecified atom stereocenters. The van der Waals surface area contributed by atoms with E-state index in [2.05, 4.69) is 21.8 Å². The van der Waals surface area contributed by atoms with Gasteiger partial charge in [0.2, 0.25) is 5.95 Å². The summed E-state index contributed by atoms with van der Waals surface area (Å²) in [5, 5.41) is 0. The molecule has 1 aromatic heterocycles. The van der Waals surface area contributed by atoms with Gasteiger partial charge >= 0.3 is 0 Å². The molecular formula is C10H15FN4. The Morgan fingerprint density at radius 1 is 1.47 bits per heavy atom. The van der Waals surface area contributed by atoms with Crippen molar-refractivity contribution in [3.05, 3.63) is 18.2 Å². The van der Waals surface area contributed by atoms with Gasteiger partial charge in [0, 0.05) is 18.6 Å². The predicted molar refractivity (Wildman–Crippen MR) is 56.0 cm³/mol. The van der Waals surface area contributed by atoms with Crippen LogP contribution < -0.4 is 10.6 Å². The topological polar surface area (TPSA) is 55.0 Å². The van der Waals surface area contributed by atoms with Crippen molar-refractivity contribution in [1.82, 2.24) is 9.97 Å². The van der Waals surface area contributed by atoms with Crippen molar-refractivity contribution in [3.63, 3.8) is 0 Å². The van der Waals surface area contributed by atoms with Crippen LogP contribution in [0.3, 0.4) is 0 Å². The summed E-state index contributed by atoms with van der Waals surface area (Å²) in [5.41, 5.74) is 5.86. The van der Waals surface area contributed by atoms with Crippen LogP contribution in [0, 0.1) is 5.82 Å². The van der Waals surface area contributed by atoms with Crippen molar-refractivity contribution in [2.75, 3.05) is 11.4 Å². The molecule has 4 nitrogen and oxygen atoms in total. The Hall–Kier alpha value is -1.23. The average molecular weight is 210 g/mol. The lowest BCUT2D eigenvalue weighted by atomic mass is 10.00. The van der Waals surface area contributed by atoms with E-state index in [9.17, 15) is 4.39 Å². The Bertz CT molecular complexity index is 327. The van der Waals surface area contributed by atoms with E-state index in [0.717, 1.165) is 19.4 Å². The second kappa shape index (κ2) is 4.10. The second-order valence-electron chi connectivity index (χ2n) is 4.03. The fourth-order valence-electron chi connectivity index (χ4n) is 1.96. The first-order valence-corrected chi connectivity index (χ1v) is 5.16. The maximum absolute atomic E-state index is 12.6. The maximum atomic E-state index is 12.6. The second-order valence-corrected chi connectivity index (χ2v) is 4.03. The van der Waals surface area contributed by atoms with Gasteiger partial charge in [0.15, 0.2) is 5.82 Å². The number of hydrogen-bond acceptors (Lipinski definition) is 4. The number of halogens is 1. The van der Waals surface area contributed by atoms with Crippen molar-refractivity contribution >= 4 is 5.95 Å². The summed E-state index contributed by atoms with van der Waals surface area (Å²) in [6.45, 7) is 2.93. The minimum Gasteiger partial charge on any atom is -0.338 e. The van der Waals surface area contributed by atoms with Crippen molar-refractivity contribution in [2.24, 2.45) is 5.73 Å². The van der Waals surface area contributed by atoms with E-state index in [1.165, 1.54) is 12.4 Å². The molecule has 0 aliphatic carbocycles. The molecular weight excluding hydrogens is 195 g/mol. The standard InChI is InChI=1S/C10H15FN4/c1-7-4-9(12)2-3-15(7)10-13-5-8(11)6-14-10/h5-7,9H,2-4,12H2,1H3. The van der Waals surface area contributed by atoms with Crippen LogP contribution in [0.1, 0.15) is 19.8 Å². The SMILES string of the molecule is CC1CC(N)CCN1c1ncc(F)cn1. The van der Waals surface area contributed by atoms with E-state index in [4.69, 9.17) is 5.73 Å². The van der Waals surface area contributed by atoms with Crippen LogP contribution in [0.25, 0.3) is 0 Å². The Morgan fingerprint density at radius 3 is 2.73 bits per heavy atom. The van der Waals surface area contributed by atoms with Crippen LogP contribution in [0.2, 0.25) is 0 Å². The van der Waals surface area contributed by atoms with Crippen molar-refractivity contribution in [2.45, 2.75) is 31.8 Å². The molecule has 2 heterocycles. The lowest BCUT2D eigenvalue weighted by molar-refractivity contribution is 0.423. The highest BCUT2D eigenvalue weighted by Gasteiger charge is 2.24. The summed E-state index contributed by atoms with van der Waals surface area (Å²) in [6, 6.07) is 0.580. The Labute approximate surface area is 88.3 Å². The van der Waals surface area contributed by atoms with Gasteiger partial charge in [-0.25, -0.2) is 14.4 Å². The molecule has 0 aromatic carbocycles. The number of anilines is 1. The zero-order valence-corrected chi connectivity index (χ0v) is 8.73. The van der Waals surface area contributed by atoms with Gasteiger partial charge in [-0.05, 0) is 19.8 Å². The molecule has 1 saturated heterocycles. The first-order chi connectivity index (χ1) is 7.16. The van der Waals surface area contributed by atoms with Gasteiger partial charge < -0.3 is 10.6 Å². The van der Waals surface area contributed by atoms with E-state index >= 15 is 0 Å². The molecule has 2 atom stereocenters. The van der Waals surface area contributed by atoms with Gasteiger partial charge in [0.1, 0.15) is 0 Å². The largest absolute Gasteiger partial charge is 0.338 e. The summed E-state index contributed by atoms with van der Waals surface area (Å²) in [4.78, 5) is 10.0. The normalized spacial score (nSPS) is 26.7. The maximum Gasteiger partial charge on any atom is 0.225 e. The average Bonchev–Trinajstić information content (AvgIpc) is 2.20.